The van der Waals surface area contributed by atoms with E-state index in [9.17, 15) is 14.7 Å². The number of hydrogen-bond donors (Lipinski definition) is 1. The van der Waals surface area contributed by atoms with E-state index in [4.69, 9.17) is 0 Å². The number of carboxylic acids is 1. The quantitative estimate of drug-likeness (QED) is 0.913. The maximum atomic E-state index is 13.1. The zero-order valence-electron chi connectivity index (χ0n) is 13.3. The van der Waals surface area contributed by atoms with Gasteiger partial charge >= 0.3 is 5.97 Å². The van der Waals surface area contributed by atoms with Gasteiger partial charge in [-0.3, -0.25) is 9.59 Å². The molecule has 122 valence electrons. The third-order valence-corrected chi connectivity index (χ3v) is 6.23. The van der Waals surface area contributed by atoms with Crippen LogP contribution in [0.1, 0.15) is 36.8 Å². The molecule has 0 spiro atoms. The molecular weight excluding hydrogens is 290 g/mol. The molecule has 3 saturated carbocycles. The van der Waals surface area contributed by atoms with E-state index in [1.165, 1.54) is 11.1 Å². The second kappa shape index (κ2) is 5.66. The van der Waals surface area contributed by atoms with E-state index >= 15 is 0 Å². The fourth-order valence-corrected chi connectivity index (χ4v) is 5.05. The van der Waals surface area contributed by atoms with Crippen molar-refractivity contribution in [3.05, 3.63) is 35.4 Å². The minimum absolute atomic E-state index is 0.0845. The van der Waals surface area contributed by atoms with Gasteiger partial charge in [0.15, 0.2) is 0 Å². The molecule has 0 aromatic heterocycles. The Hall–Kier alpha value is -1.84. The van der Waals surface area contributed by atoms with E-state index in [0.717, 1.165) is 38.6 Å². The maximum Gasteiger partial charge on any atom is 0.307 e. The Morgan fingerprint density at radius 3 is 2.22 bits per heavy atom. The Balaban J connectivity index is 1.58. The van der Waals surface area contributed by atoms with Crippen LogP contribution in [0.4, 0.5) is 0 Å². The van der Waals surface area contributed by atoms with E-state index in [0.29, 0.717) is 6.54 Å². The zero-order valence-corrected chi connectivity index (χ0v) is 13.3. The van der Waals surface area contributed by atoms with Crippen LogP contribution in [0.15, 0.2) is 24.3 Å². The summed E-state index contributed by atoms with van der Waals surface area (Å²) in [6, 6.07) is 8.25. The smallest absolute Gasteiger partial charge is 0.307 e. The van der Waals surface area contributed by atoms with Gasteiger partial charge in [0.2, 0.25) is 5.91 Å². The highest BCUT2D eigenvalue weighted by molar-refractivity contribution is 5.86. The normalized spacial score (nSPS) is 32.4. The van der Waals surface area contributed by atoms with Crippen molar-refractivity contribution >= 4 is 11.9 Å². The number of hydrogen-bond acceptors (Lipinski definition) is 2. The molecule has 0 unspecified atom stereocenters. The van der Waals surface area contributed by atoms with Gasteiger partial charge in [-0.2, -0.15) is 0 Å². The van der Waals surface area contributed by atoms with Crippen molar-refractivity contribution in [2.24, 2.45) is 23.7 Å². The van der Waals surface area contributed by atoms with Crippen LogP contribution < -0.4 is 0 Å². The van der Waals surface area contributed by atoms with E-state index in [1.807, 2.05) is 17.0 Å². The van der Waals surface area contributed by atoms with Crippen molar-refractivity contribution in [1.82, 2.24) is 4.90 Å². The topological polar surface area (TPSA) is 57.6 Å². The van der Waals surface area contributed by atoms with Gasteiger partial charge in [0.1, 0.15) is 0 Å². The predicted molar refractivity (Wildman–Crippen MR) is 85.6 cm³/mol. The van der Waals surface area contributed by atoms with Crippen molar-refractivity contribution in [3.63, 3.8) is 0 Å². The van der Waals surface area contributed by atoms with E-state index in [-0.39, 0.29) is 23.7 Å². The Morgan fingerprint density at radius 2 is 1.57 bits per heavy atom. The van der Waals surface area contributed by atoms with Crippen molar-refractivity contribution in [1.29, 1.82) is 0 Å². The van der Waals surface area contributed by atoms with Crippen LogP contribution >= 0.6 is 0 Å². The van der Waals surface area contributed by atoms with Crippen LogP contribution in [0.5, 0.6) is 0 Å². The molecule has 4 heteroatoms. The number of rotatable bonds is 2. The Morgan fingerprint density at radius 1 is 0.957 bits per heavy atom. The van der Waals surface area contributed by atoms with Crippen LogP contribution in [0.25, 0.3) is 0 Å². The molecule has 0 radical (unpaired) electrons. The summed E-state index contributed by atoms with van der Waals surface area (Å²) < 4.78 is 0. The number of aliphatic carboxylic acids is 1. The van der Waals surface area contributed by atoms with Crippen LogP contribution in [0, 0.1) is 23.7 Å². The van der Waals surface area contributed by atoms with Crippen molar-refractivity contribution in [2.45, 2.75) is 38.6 Å². The molecule has 1 amide bonds. The summed E-state index contributed by atoms with van der Waals surface area (Å²) in [4.78, 5) is 26.8. The summed E-state index contributed by atoms with van der Waals surface area (Å²) in [6.07, 6.45) is 4.88. The second-order valence-corrected chi connectivity index (χ2v) is 7.34. The van der Waals surface area contributed by atoms with Gasteiger partial charge in [0.25, 0.3) is 0 Å². The third-order valence-electron chi connectivity index (χ3n) is 6.23. The molecule has 2 bridgehead atoms. The number of fused-ring (bicyclic) bond motifs is 4. The summed E-state index contributed by atoms with van der Waals surface area (Å²) in [5.41, 5.74) is 2.52. The minimum Gasteiger partial charge on any atom is -0.481 e. The highest BCUT2D eigenvalue weighted by Gasteiger charge is 2.51. The molecule has 3 aliphatic carbocycles. The van der Waals surface area contributed by atoms with Crippen LogP contribution in [0.2, 0.25) is 0 Å². The monoisotopic (exact) mass is 313 g/mol. The number of carbonyl (C=O) groups excluding carboxylic acids is 1. The minimum atomic E-state index is -0.768. The van der Waals surface area contributed by atoms with E-state index in [1.54, 1.807) is 0 Å². The van der Waals surface area contributed by atoms with Crippen molar-refractivity contribution in [3.8, 4) is 0 Å². The fraction of sp³-hybridized carbons (Fsp3) is 0.579. The summed E-state index contributed by atoms with van der Waals surface area (Å²) in [7, 11) is 0. The van der Waals surface area contributed by atoms with Gasteiger partial charge in [-0.15, -0.1) is 0 Å². The van der Waals surface area contributed by atoms with Gasteiger partial charge < -0.3 is 10.0 Å². The van der Waals surface area contributed by atoms with E-state index in [2.05, 4.69) is 12.1 Å². The largest absolute Gasteiger partial charge is 0.481 e. The highest BCUT2D eigenvalue weighted by Crippen LogP contribution is 2.49. The molecule has 5 rings (SSSR count). The molecule has 1 aromatic rings. The molecule has 23 heavy (non-hydrogen) atoms. The highest BCUT2D eigenvalue weighted by atomic mass is 16.4. The SMILES string of the molecule is O=C(O)[C@@H]1C2CCC(CC2)[C@H]1C(=O)N1CCc2ccccc2C1. The summed E-state index contributed by atoms with van der Waals surface area (Å²) >= 11 is 0. The second-order valence-electron chi connectivity index (χ2n) is 7.34. The first kappa shape index (κ1) is 14.7. The maximum absolute atomic E-state index is 13.1. The first-order valence-electron chi connectivity index (χ1n) is 8.73. The zero-order chi connectivity index (χ0) is 16.0. The van der Waals surface area contributed by atoms with Crippen LogP contribution in [-0.4, -0.2) is 28.4 Å². The molecular formula is C19H23NO3. The predicted octanol–water partition coefficient (Wildman–Crippen LogP) is 2.71. The Labute approximate surface area is 136 Å². The van der Waals surface area contributed by atoms with Gasteiger partial charge in [0, 0.05) is 13.1 Å². The number of amides is 1. The third kappa shape index (κ3) is 2.44. The summed E-state index contributed by atoms with van der Waals surface area (Å²) in [6.45, 7) is 1.35. The lowest BCUT2D eigenvalue weighted by Gasteiger charge is -2.47. The number of nitrogens with zero attached hydrogens (tertiary/aromatic N) is 1. The summed E-state index contributed by atoms with van der Waals surface area (Å²) in [5, 5.41) is 9.67. The van der Waals surface area contributed by atoms with Gasteiger partial charge in [-0.1, -0.05) is 24.3 Å². The van der Waals surface area contributed by atoms with Crippen molar-refractivity contribution in [2.75, 3.05) is 6.54 Å². The summed E-state index contributed by atoms with van der Waals surface area (Å²) in [5.74, 6) is -0.983. The lowest BCUT2D eigenvalue weighted by atomic mass is 9.58. The molecule has 3 fully saturated rings. The molecule has 1 N–H and O–H groups in total. The van der Waals surface area contributed by atoms with Crippen LogP contribution in [-0.2, 0) is 22.6 Å². The average Bonchev–Trinajstić information content (AvgIpc) is 2.60. The molecule has 2 atom stereocenters. The molecule has 0 saturated heterocycles. The number of carboxylic acid groups (broad SMARTS) is 1. The number of carbonyl (C=O) groups is 2. The van der Waals surface area contributed by atoms with Crippen molar-refractivity contribution < 1.29 is 14.7 Å². The Kier molecular flexibility index (Phi) is 3.63. The standard InChI is InChI=1S/C19H23NO3/c21-18(20-10-9-12-3-1-2-4-15(12)11-20)16-13-5-7-14(8-6-13)17(16)19(22)23/h1-4,13-14,16-17H,5-11H2,(H,22,23)/t13?,14?,16-,17-/m1/s1. The first-order valence-corrected chi connectivity index (χ1v) is 8.73. The van der Waals surface area contributed by atoms with Crippen LogP contribution in [0.3, 0.4) is 0 Å². The molecule has 1 heterocycles. The molecule has 4 nitrogen and oxygen atoms in total. The lowest BCUT2D eigenvalue weighted by Crippen LogP contribution is -2.52. The fourth-order valence-electron chi connectivity index (χ4n) is 5.05. The van der Waals surface area contributed by atoms with Gasteiger partial charge in [0.05, 0.1) is 11.8 Å². The molecule has 4 aliphatic rings. The Bertz CT molecular complexity index is 633. The first-order chi connectivity index (χ1) is 11.1. The van der Waals surface area contributed by atoms with Gasteiger partial charge in [-0.25, -0.2) is 0 Å². The van der Waals surface area contributed by atoms with E-state index < -0.39 is 11.9 Å². The molecule has 1 aromatic carbocycles. The lowest BCUT2D eigenvalue weighted by molar-refractivity contribution is -0.162. The average molecular weight is 313 g/mol. The molecule has 1 aliphatic heterocycles. The van der Waals surface area contributed by atoms with Gasteiger partial charge in [-0.05, 0) is 55.1 Å². The number of benzene rings is 1.